The van der Waals surface area contributed by atoms with E-state index in [1.54, 1.807) is 28.6 Å². The number of amides is 1. The maximum Gasteiger partial charge on any atom is 0.243 e. The molecule has 0 spiro atoms. The van der Waals surface area contributed by atoms with Crippen LogP contribution in [-0.2, 0) is 19.6 Å². The van der Waals surface area contributed by atoms with Crippen molar-refractivity contribution in [3.8, 4) is 0 Å². The quantitative estimate of drug-likeness (QED) is 0.748. The standard InChI is InChI=1S/C20H29N3O4S/c1-21-11-8-20(19(24)22-13-15-27-16-14-22)9-12-23(10-7-18(20)21)28(25,26)17-5-3-2-4-6-17/h2-6,18H,7-16H2,1H3/t18-,20-/m0/s1. The molecule has 0 radical (unpaired) electrons. The summed E-state index contributed by atoms with van der Waals surface area (Å²) in [5.41, 5.74) is -0.493. The van der Waals surface area contributed by atoms with Crippen LogP contribution in [0.25, 0.3) is 0 Å². The van der Waals surface area contributed by atoms with Crippen LogP contribution in [0.3, 0.4) is 0 Å². The number of sulfonamides is 1. The zero-order chi connectivity index (χ0) is 19.8. The second kappa shape index (κ2) is 7.74. The number of ether oxygens (including phenoxy) is 1. The number of fused-ring (bicyclic) bond motifs is 1. The Morgan fingerprint density at radius 3 is 2.43 bits per heavy atom. The summed E-state index contributed by atoms with van der Waals surface area (Å²) in [5.74, 6) is 0.184. The molecular formula is C20H29N3O4S. The third kappa shape index (κ3) is 3.36. The first-order valence-corrected chi connectivity index (χ1v) is 11.5. The number of morpholine rings is 1. The van der Waals surface area contributed by atoms with Gasteiger partial charge in [-0.25, -0.2) is 8.42 Å². The van der Waals surface area contributed by atoms with E-state index in [9.17, 15) is 13.2 Å². The van der Waals surface area contributed by atoms with Gasteiger partial charge in [0.25, 0.3) is 0 Å². The summed E-state index contributed by atoms with van der Waals surface area (Å²) in [6, 6.07) is 8.67. The molecule has 0 unspecified atom stereocenters. The molecule has 1 aromatic carbocycles. The lowest BCUT2D eigenvalue weighted by Crippen LogP contribution is -2.53. The molecule has 3 aliphatic rings. The van der Waals surface area contributed by atoms with Crippen LogP contribution >= 0.6 is 0 Å². The Morgan fingerprint density at radius 1 is 1.04 bits per heavy atom. The second-order valence-electron chi connectivity index (χ2n) is 8.06. The van der Waals surface area contributed by atoms with Gasteiger partial charge in [0.1, 0.15) is 0 Å². The first-order valence-electron chi connectivity index (χ1n) is 10.1. The molecule has 1 amide bonds. The summed E-state index contributed by atoms with van der Waals surface area (Å²) in [5, 5.41) is 0. The van der Waals surface area contributed by atoms with Gasteiger partial charge in [-0.15, -0.1) is 0 Å². The molecule has 154 valence electrons. The number of nitrogens with zero attached hydrogens (tertiary/aromatic N) is 3. The van der Waals surface area contributed by atoms with Gasteiger partial charge in [-0.3, -0.25) is 4.79 Å². The van der Waals surface area contributed by atoms with Gasteiger partial charge < -0.3 is 14.5 Å². The minimum atomic E-state index is -3.54. The van der Waals surface area contributed by atoms with Crippen molar-refractivity contribution in [3.05, 3.63) is 30.3 Å². The van der Waals surface area contributed by atoms with E-state index in [1.807, 2.05) is 11.0 Å². The number of hydrogen-bond acceptors (Lipinski definition) is 5. The third-order valence-electron chi connectivity index (χ3n) is 6.65. The van der Waals surface area contributed by atoms with Crippen molar-refractivity contribution in [1.82, 2.24) is 14.1 Å². The first kappa shape index (κ1) is 19.8. The van der Waals surface area contributed by atoms with Gasteiger partial charge in [0.15, 0.2) is 0 Å². The van der Waals surface area contributed by atoms with Crippen molar-refractivity contribution in [3.63, 3.8) is 0 Å². The molecule has 2 atom stereocenters. The van der Waals surface area contributed by atoms with Crippen molar-refractivity contribution >= 4 is 15.9 Å². The van der Waals surface area contributed by atoms with Gasteiger partial charge >= 0.3 is 0 Å². The highest BCUT2D eigenvalue weighted by Gasteiger charge is 2.54. The van der Waals surface area contributed by atoms with Gasteiger partial charge in [-0.1, -0.05) is 18.2 Å². The molecule has 0 aromatic heterocycles. The highest BCUT2D eigenvalue weighted by molar-refractivity contribution is 7.89. The predicted octanol–water partition coefficient (Wildman–Crippen LogP) is 1.02. The van der Waals surface area contributed by atoms with Crippen LogP contribution in [-0.4, -0.2) is 87.5 Å². The maximum absolute atomic E-state index is 13.6. The van der Waals surface area contributed by atoms with Crippen molar-refractivity contribution in [1.29, 1.82) is 0 Å². The van der Waals surface area contributed by atoms with Crippen LogP contribution in [0.1, 0.15) is 19.3 Å². The molecule has 0 N–H and O–H groups in total. The predicted molar refractivity (Wildman–Crippen MR) is 105 cm³/mol. The Morgan fingerprint density at radius 2 is 1.71 bits per heavy atom. The number of hydrogen-bond donors (Lipinski definition) is 0. The lowest BCUT2D eigenvalue weighted by Gasteiger charge is -2.39. The normalized spacial score (nSPS) is 30.0. The number of carbonyl (C=O) groups is 1. The van der Waals surface area contributed by atoms with E-state index in [0.29, 0.717) is 57.1 Å². The average molecular weight is 408 g/mol. The van der Waals surface area contributed by atoms with Crippen LogP contribution in [0.5, 0.6) is 0 Å². The molecule has 7 nitrogen and oxygen atoms in total. The van der Waals surface area contributed by atoms with Gasteiger partial charge in [0.2, 0.25) is 15.9 Å². The van der Waals surface area contributed by atoms with E-state index >= 15 is 0 Å². The second-order valence-corrected chi connectivity index (χ2v) is 10.0. The van der Waals surface area contributed by atoms with E-state index in [0.717, 1.165) is 13.0 Å². The molecule has 8 heteroatoms. The number of rotatable bonds is 3. The highest BCUT2D eigenvalue weighted by Crippen LogP contribution is 2.45. The molecule has 3 heterocycles. The Hall–Kier alpha value is -1.48. The minimum absolute atomic E-state index is 0.0822. The molecule has 3 fully saturated rings. The Bertz CT molecular complexity index is 810. The van der Waals surface area contributed by atoms with Crippen LogP contribution in [0, 0.1) is 5.41 Å². The fraction of sp³-hybridized carbons (Fsp3) is 0.650. The summed E-state index contributed by atoms with van der Waals surface area (Å²) < 4.78 is 33.2. The highest BCUT2D eigenvalue weighted by atomic mass is 32.2. The number of benzene rings is 1. The van der Waals surface area contributed by atoms with Crippen LogP contribution in [0.15, 0.2) is 35.2 Å². The lowest BCUT2D eigenvalue weighted by molar-refractivity contribution is -0.148. The molecule has 1 aromatic rings. The number of likely N-dealkylation sites (tertiary alicyclic amines) is 1. The summed E-state index contributed by atoms with van der Waals surface area (Å²) in [6.07, 6.45) is 2.05. The van der Waals surface area contributed by atoms with Crippen molar-refractivity contribution < 1.29 is 17.9 Å². The lowest BCUT2D eigenvalue weighted by atomic mass is 9.75. The first-order chi connectivity index (χ1) is 13.4. The van der Waals surface area contributed by atoms with E-state index in [2.05, 4.69) is 11.9 Å². The molecule has 3 saturated heterocycles. The molecule has 0 bridgehead atoms. The maximum atomic E-state index is 13.6. The van der Waals surface area contributed by atoms with E-state index in [-0.39, 0.29) is 11.9 Å². The summed E-state index contributed by atoms with van der Waals surface area (Å²) in [4.78, 5) is 18.1. The largest absolute Gasteiger partial charge is 0.378 e. The van der Waals surface area contributed by atoms with Gasteiger partial charge in [0, 0.05) is 32.2 Å². The molecule has 0 aliphatic carbocycles. The average Bonchev–Trinajstić information content (AvgIpc) is 2.92. The van der Waals surface area contributed by atoms with Crippen molar-refractivity contribution in [2.75, 3.05) is 53.0 Å². The van der Waals surface area contributed by atoms with Gasteiger partial charge in [0.05, 0.1) is 23.5 Å². The van der Waals surface area contributed by atoms with Crippen molar-refractivity contribution in [2.45, 2.75) is 30.2 Å². The van der Waals surface area contributed by atoms with Gasteiger partial charge in [-0.2, -0.15) is 4.31 Å². The topological polar surface area (TPSA) is 70.2 Å². The Labute approximate surface area is 167 Å². The zero-order valence-electron chi connectivity index (χ0n) is 16.4. The minimum Gasteiger partial charge on any atom is -0.378 e. The third-order valence-corrected chi connectivity index (χ3v) is 8.56. The van der Waals surface area contributed by atoms with Gasteiger partial charge in [-0.05, 0) is 45.0 Å². The fourth-order valence-electron chi connectivity index (χ4n) is 5.03. The van der Waals surface area contributed by atoms with Crippen LogP contribution < -0.4 is 0 Å². The zero-order valence-corrected chi connectivity index (χ0v) is 17.2. The summed E-state index contributed by atoms with van der Waals surface area (Å²) in [7, 11) is -1.49. The molecular weight excluding hydrogens is 378 g/mol. The Balaban J connectivity index is 1.60. The van der Waals surface area contributed by atoms with E-state index < -0.39 is 15.4 Å². The van der Waals surface area contributed by atoms with Crippen LogP contribution in [0.4, 0.5) is 0 Å². The monoisotopic (exact) mass is 407 g/mol. The fourth-order valence-corrected chi connectivity index (χ4v) is 6.51. The van der Waals surface area contributed by atoms with E-state index in [1.165, 1.54) is 0 Å². The summed E-state index contributed by atoms with van der Waals surface area (Å²) >= 11 is 0. The molecule has 0 saturated carbocycles. The van der Waals surface area contributed by atoms with E-state index in [4.69, 9.17) is 4.74 Å². The molecule has 3 aliphatic heterocycles. The SMILES string of the molecule is CN1CC[C@]2(C(=O)N3CCOCC3)CCN(S(=O)(=O)c3ccccc3)CC[C@H]12. The number of carbonyl (C=O) groups excluding carboxylic acids is 1. The van der Waals surface area contributed by atoms with Crippen molar-refractivity contribution in [2.24, 2.45) is 5.41 Å². The smallest absolute Gasteiger partial charge is 0.243 e. The molecule has 4 rings (SSSR count). The van der Waals surface area contributed by atoms with Crippen LogP contribution in [0.2, 0.25) is 0 Å². The molecule has 28 heavy (non-hydrogen) atoms. The summed E-state index contributed by atoms with van der Waals surface area (Å²) in [6.45, 7) is 4.13. The Kier molecular flexibility index (Phi) is 5.48.